The van der Waals surface area contributed by atoms with Crippen molar-refractivity contribution in [3.05, 3.63) is 28.3 Å². The summed E-state index contributed by atoms with van der Waals surface area (Å²) in [6, 6.07) is 2.50. The average molecular weight is 333 g/mol. The standard InChI is InChI=1S/C13H17ClN2O4S/c1-8-11(5-10(6-12(8)14)21(15,18)19)13(17)16(2)9-3-4-20-7-9/h5-6,9H,3-4,7H2,1-2H3,(H2,15,18,19). The SMILES string of the molecule is Cc1c(Cl)cc(S(N)(=O)=O)cc1C(=O)N(C)C1CCOC1. The van der Waals surface area contributed by atoms with Crippen LogP contribution in [0, 0.1) is 6.92 Å². The average Bonchev–Trinajstić information content (AvgIpc) is 2.92. The number of ether oxygens (including phenoxy) is 1. The zero-order valence-corrected chi connectivity index (χ0v) is 13.4. The van der Waals surface area contributed by atoms with Crippen molar-refractivity contribution in [3.8, 4) is 0 Å². The quantitative estimate of drug-likeness (QED) is 0.899. The molecule has 1 saturated heterocycles. The van der Waals surface area contributed by atoms with Crippen molar-refractivity contribution in [2.24, 2.45) is 5.14 Å². The molecule has 0 aliphatic carbocycles. The summed E-state index contributed by atoms with van der Waals surface area (Å²) in [5.74, 6) is -0.296. The normalized spacial score (nSPS) is 18.8. The van der Waals surface area contributed by atoms with Gasteiger partial charge in [-0.05, 0) is 31.0 Å². The largest absolute Gasteiger partial charge is 0.379 e. The molecule has 1 fully saturated rings. The number of amides is 1. The minimum atomic E-state index is -3.92. The molecule has 1 aliphatic rings. The van der Waals surface area contributed by atoms with Gasteiger partial charge in [-0.15, -0.1) is 0 Å². The second-order valence-corrected chi connectivity index (χ2v) is 7.02. The van der Waals surface area contributed by atoms with E-state index >= 15 is 0 Å². The van der Waals surface area contributed by atoms with E-state index in [2.05, 4.69) is 0 Å². The fourth-order valence-electron chi connectivity index (χ4n) is 2.22. The summed E-state index contributed by atoms with van der Waals surface area (Å²) in [6.07, 6.45) is 0.754. The summed E-state index contributed by atoms with van der Waals surface area (Å²) in [4.78, 5) is 13.9. The number of benzene rings is 1. The second kappa shape index (κ2) is 5.92. The molecule has 2 rings (SSSR count). The Morgan fingerprint density at radius 3 is 2.67 bits per heavy atom. The number of carbonyl (C=O) groups excluding carboxylic acids is 1. The maximum Gasteiger partial charge on any atom is 0.254 e. The van der Waals surface area contributed by atoms with Gasteiger partial charge >= 0.3 is 0 Å². The van der Waals surface area contributed by atoms with Crippen LogP contribution in [0.5, 0.6) is 0 Å². The third kappa shape index (κ3) is 3.37. The minimum Gasteiger partial charge on any atom is -0.379 e. The Kier molecular flexibility index (Phi) is 4.57. The smallest absolute Gasteiger partial charge is 0.254 e. The first-order valence-corrected chi connectivity index (χ1v) is 8.32. The van der Waals surface area contributed by atoms with Crippen LogP contribution in [0.15, 0.2) is 17.0 Å². The summed E-state index contributed by atoms with van der Waals surface area (Å²) in [5, 5.41) is 5.31. The van der Waals surface area contributed by atoms with Gasteiger partial charge in [0.1, 0.15) is 0 Å². The van der Waals surface area contributed by atoms with Gasteiger partial charge in [0.2, 0.25) is 10.0 Å². The van der Waals surface area contributed by atoms with Gasteiger partial charge in [0.05, 0.1) is 17.5 Å². The predicted octanol–water partition coefficient (Wildman–Crippen LogP) is 1.16. The maximum absolute atomic E-state index is 12.6. The van der Waals surface area contributed by atoms with Gasteiger partial charge < -0.3 is 9.64 Å². The van der Waals surface area contributed by atoms with E-state index in [1.807, 2.05) is 0 Å². The fraction of sp³-hybridized carbons (Fsp3) is 0.462. The molecule has 1 amide bonds. The molecule has 1 aromatic rings. The number of hydrogen-bond acceptors (Lipinski definition) is 4. The number of primary sulfonamides is 1. The molecule has 0 bridgehead atoms. The molecule has 2 N–H and O–H groups in total. The Hall–Kier alpha value is -1.15. The molecule has 8 heteroatoms. The van der Waals surface area contributed by atoms with Crippen LogP contribution in [-0.4, -0.2) is 45.5 Å². The highest BCUT2D eigenvalue weighted by molar-refractivity contribution is 7.89. The van der Waals surface area contributed by atoms with Crippen LogP contribution in [0.1, 0.15) is 22.3 Å². The van der Waals surface area contributed by atoms with Crippen molar-refractivity contribution in [1.82, 2.24) is 4.90 Å². The molecule has 1 unspecified atom stereocenters. The van der Waals surface area contributed by atoms with Crippen molar-refractivity contribution >= 4 is 27.5 Å². The molecule has 0 saturated carbocycles. The Labute approximate surface area is 128 Å². The van der Waals surface area contributed by atoms with Crippen LogP contribution in [0.3, 0.4) is 0 Å². The molecule has 116 valence electrons. The zero-order valence-electron chi connectivity index (χ0n) is 11.8. The predicted molar refractivity (Wildman–Crippen MR) is 78.9 cm³/mol. The van der Waals surface area contributed by atoms with Crippen molar-refractivity contribution < 1.29 is 17.9 Å². The molecule has 1 aromatic carbocycles. The van der Waals surface area contributed by atoms with Gasteiger partial charge in [0, 0.05) is 24.2 Å². The monoisotopic (exact) mass is 332 g/mol. The van der Waals surface area contributed by atoms with Gasteiger partial charge in [0.25, 0.3) is 5.91 Å². The molecule has 0 aromatic heterocycles. The Bertz CT molecular complexity index is 669. The van der Waals surface area contributed by atoms with Gasteiger partial charge in [-0.2, -0.15) is 0 Å². The van der Waals surface area contributed by atoms with E-state index in [1.54, 1.807) is 18.9 Å². The van der Waals surface area contributed by atoms with E-state index in [9.17, 15) is 13.2 Å². The van der Waals surface area contributed by atoms with Gasteiger partial charge in [-0.3, -0.25) is 4.79 Å². The van der Waals surface area contributed by atoms with E-state index in [-0.39, 0.29) is 27.4 Å². The number of rotatable bonds is 3. The van der Waals surface area contributed by atoms with Crippen molar-refractivity contribution in [3.63, 3.8) is 0 Å². The Morgan fingerprint density at radius 1 is 1.48 bits per heavy atom. The Balaban J connectivity index is 2.42. The highest BCUT2D eigenvalue weighted by Crippen LogP contribution is 2.26. The van der Waals surface area contributed by atoms with E-state index in [1.165, 1.54) is 12.1 Å². The van der Waals surface area contributed by atoms with Gasteiger partial charge in [-0.25, -0.2) is 13.6 Å². The molecular weight excluding hydrogens is 316 g/mol. The first-order valence-electron chi connectivity index (χ1n) is 6.39. The molecular formula is C13H17ClN2O4S. The highest BCUT2D eigenvalue weighted by atomic mass is 35.5. The summed E-state index contributed by atoms with van der Waals surface area (Å²) < 4.78 is 28.2. The van der Waals surface area contributed by atoms with Crippen LogP contribution in [0.4, 0.5) is 0 Å². The molecule has 0 radical (unpaired) electrons. The third-order valence-corrected chi connectivity index (χ3v) is 4.94. The summed E-state index contributed by atoms with van der Waals surface area (Å²) in [6.45, 7) is 2.75. The summed E-state index contributed by atoms with van der Waals surface area (Å²) in [7, 11) is -2.26. The van der Waals surface area contributed by atoms with Crippen LogP contribution in [0.2, 0.25) is 5.02 Å². The third-order valence-electron chi connectivity index (χ3n) is 3.65. The number of likely N-dealkylation sites (N-methyl/N-ethyl adjacent to an activating group) is 1. The summed E-state index contributed by atoms with van der Waals surface area (Å²) in [5.41, 5.74) is 0.765. The molecule has 1 aliphatic heterocycles. The second-order valence-electron chi connectivity index (χ2n) is 5.06. The van der Waals surface area contributed by atoms with Crippen molar-refractivity contribution in [1.29, 1.82) is 0 Å². The van der Waals surface area contributed by atoms with E-state index in [4.69, 9.17) is 21.5 Å². The molecule has 6 nitrogen and oxygen atoms in total. The molecule has 1 heterocycles. The highest BCUT2D eigenvalue weighted by Gasteiger charge is 2.27. The first kappa shape index (κ1) is 16.2. The van der Waals surface area contributed by atoms with Crippen LogP contribution >= 0.6 is 11.6 Å². The van der Waals surface area contributed by atoms with Crippen molar-refractivity contribution in [2.75, 3.05) is 20.3 Å². The molecule has 1 atom stereocenters. The zero-order chi connectivity index (χ0) is 15.8. The lowest BCUT2D eigenvalue weighted by molar-refractivity contribution is 0.0710. The van der Waals surface area contributed by atoms with Crippen LogP contribution in [-0.2, 0) is 14.8 Å². The van der Waals surface area contributed by atoms with Gasteiger partial charge in [-0.1, -0.05) is 11.6 Å². The Morgan fingerprint density at radius 2 is 2.14 bits per heavy atom. The van der Waals surface area contributed by atoms with E-state index in [0.29, 0.717) is 18.8 Å². The van der Waals surface area contributed by atoms with Crippen LogP contribution in [0.25, 0.3) is 0 Å². The minimum absolute atomic E-state index is 0.0196. The number of halogens is 1. The number of nitrogens with two attached hydrogens (primary N) is 1. The fourth-order valence-corrected chi connectivity index (χ4v) is 3.07. The van der Waals surface area contributed by atoms with Crippen LogP contribution < -0.4 is 5.14 Å². The number of hydrogen-bond donors (Lipinski definition) is 1. The first-order chi connectivity index (χ1) is 9.71. The number of nitrogens with zero attached hydrogens (tertiary/aromatic N) is 1. The number of sulfonamides is 1. The van der Waals surface area contributed by atoms with Gasteiger partial charge in [0.15, 0.2) is 0 Å². The molecule has 0 spiro atoms. The lowest BCUT2D eigenvalue weighted by atomic mass is 10.1. The topological polar surface area (TPSA) is 89.7 Å². The summed E-state index contributed by atoms with van der Waals surface area (Å²) >= 11 is 6.02. The van der Waals surface area contributed by atoms with E-state index < -0.39 is 10.0 Å². The molecule has 21 heavy (non-hydrogen) atoms. The lowest BCUT2D eigenvalue weighted by Gasteiger charge is -2.24. The van der Waals surface area contributed by atoms with Crippen molar-refractivity contribution in [2.45, 2.75) is 24.3 Å². The lowest BCUT2D eigenvalue weighted by Crippen LogP contribution is -2.37. The number of carbonyl (C=O) groups is 1. The van der Waals surface area contributed by atoms with E-state index in [0.717, 1.165) is 6.42 Å². The maximum atomic E-state index is 12.6.